The van der Waals surface area contributed by atoms with Gasteiger partial charge < -0.3 is 24.0 Å². The van der Waals surface area contributed by atoms with Crippen LogP contribution in [0.5, 0.6) is 11.5 Å². The molecule has 0 atom stereocenters. The topological polar surface area (TPSA) is 77.0 Å². The molecule has 2 aromatic rings. The lowest BCUT2D eigenvalue weighted by atomic mass is 10.1. The fraction of sp³-hybridized carbons (Fsp3) is 0.500. The average molecular weight is 412 g/mol. The van der Waals surface area contributed by atoms with Crippen molar-refractivity contribution in [3.05, 3.63) is 41.2 Å². The van der Waals surface area contributed by atoms with E-state index in [2.05, 4.69) is 9.88 Å². The maximum atomic E-state index is 13.2. The van der Waals surface area contributed by atoms with Crippen molar-refractivity contribution in [2.45, 2.75) is 26.8 Å². The number of hydrogen-bond donors (Lipinski definition) is 0. The van der Waals surface area contributed by atoms with E-state index in [0.29, 0.717) is 62.5 Å². The molecule has 1 fully saturated rings. The summed E-state index contributed by atoms with van der Waals surface area (Å²) in [6.45, 7) is 8.95. The molecule has 1 saturated heterocycles. The van der Waals surface area contributed by atoms with E-state index in [0.717, 1.165) is 30.8 Å². The normalized spacial score (nSPS) is 16.2. The van der Waals surface area contributed by atoms with Crippen molar-refractivity contribution in [1.29, 1.82) is 0 Å². The first-order chi connectivity index (χ1) is 14.7. The number of fused-ring (bicyclic) bond motifs is 1. The van der Waals surface area contributed by atoms with E-state index in [4.69, 9.17) is 19.2 Å². The molecule has 4 rings (SSSR count). The Morgan fingerprint density at radius 1 is 1.10 bits per heavy atom. The fourth-order valence-corrected chi connectivity index (χ4v) is 3.75. The van der Waals surface area contributed by atoms with Crippen molar-refractivity contribution >= 4 is 11.9 Å². The molecular weight excluding hydrogens is 384 g/mol. The van der Waals surface area contributed by atoms with Gasteiger partial charge in [-0.1, -0.05) is 0 Å². The quantitative estimate of drug-likeness (QED) is 0.721. The molecule has 8 nitrogen and oxygen atoms in total. The van der Waals surface area contributed by atoms with Gasteiger partial charge in [0.2, 0.25) is 5.95 Å². The summed E-state index contributed by atoms with van der Waals surface area (Å²) in [5.74, 6) is 1.93. The number of rotatable bonds is 6. The Hall–Kier alpha value is -2.87. The second-order valence-corrected chi connectivity index (χ2v) is 7.25. The number of aromatic nitrogens is 2. The summed E-state index contributed by atoms with van der Waals surface area (Å²) >= 11 is 0. The molecule has 30 heavy (non-hydrogen) atoms. The Kier molecular flexibility index (Phi) is 6.32. The second-order valence-electron chi connectivity index (χ2n) is 7.25. The first-order valence-corrected chi connectivity index (χ1v) is 10.6. The van der Waals surface area contributed by atoms with Gasteiger partial charge in [-0.2, -0.15) is 0 Å². The van der Waals surface area contributed by atoms with Gasteiger partial charge in [-0.25, -0.2) is 9.97 Å². The van der Waals surface area contributed by atoms with Crippen LogP contribution in [-0.2, 0) is 17.7 Å². The van der Waals surface area contributed by atoms with Crippen molar-refractivity contribution in [3.8, 4) is 11.5 Å². The fourth-order valence-electron chi connectivity index (χ4n) is 3.75. The molecule has 1 aromatic heterocycles. The molecule has 0 unspecified atom stereocenters. The molecule has 0 aliphatic carbocycles. The minimum absolute atomic E-state index is 0.0313. The van der Waals surface area contributed by atoms with Crippen LogP contribution in [0.25, 0.3) is 0 Å². The SMILES string of the molecule is CCOc1ccc(C(=O)N2CCc3cnc(N4CCOCC4)nc3C2)cc1OCC. The Morgan fingerprint density at radius 3 is 2.63 bits per heavy atom. The summed E-state index contributed by atoms with van der Waals surface area (Å²) in [6, 6.07) is 5.37. The molecule has 0 N–H and O–H groups in total. The van der Waals surface area contributed by atoms with Crippen LogP contribution in [0.4, 0.5) is 5.95 Å². The summed E-state index contributed by atoms with van der Waals surface area (Å²) < 4.78 is 16.7. The molecule has 8 heteroatoms. The predicted octanol–water partition coefficient (Wildman–Crippen LogP) is 2.31. The molecule has 0 bridgehead atoms. The van der Waals surface area contributed by atoms with Crippen molar-refractivity contribution in [2.75, 3.05) is 51.0 Å². The summed E-state index contributed by atoms with van der Waals surface area (Å²) in [7, 11) is 0. The van der Waals surface area contributed by atoms with Crippen molar-refractivity contribution in [2.24, 2.45) is 0 Å². The standard InChI is InChI=1S/C22H28N4O4/c1-3-29-19-6-5-16(13-20(19)30-4-2)21(27)26-8-7-17-14-23-22(24-18(17)15-26)25-9-11-28-12-10-25/h5-6,13-14H,3-4,7-12,15H2,1-2H3. The van der Waals surface area contributed by atoms with Gasteiger partial charge in [0, 0.05) is 31.4 Å². The highest BCUT2D eigenvalue weighted by atomic mass is 16.5. The third-order valence-electron chi connectivity index (χ3n) is 5.30. The smallest absolute Gasteiger partial charge is 0.254 e. The van der Waals surface area contributed by atoms with Gasteiger partial charge in [-0.15, -0.1) is 0 Å². The van der Waals surface area contributed by atoms with E-state index in [9.17, 15) is 4.79 Å². The zero-order valence-electron chi connectivity index (χ0n) is 17.6. The van der Waals surface area contributed by atoms with Crippen LogP contribution in [0.1, 0.15) is 35.5 Å². The van der Waals surface area contributed by atoms with Gasteiger partial charge in [0.25, 0.3) is 5.91 Å². The Labute approximate surface area is 176 Å². The number of hydrogen-bond acceptors (Lipinski definition) is 7. The summed E-state index contributed by atoms with van der Waals surface area (Å²) in [5.41, 5.74) is 2.62. The summed E-state index contributed by atoms with van der Waals surface area (Å²) in [5, 5.41) is 0. The average Bonchev–Trinajstić information content (AvgIpc) is 2.80. The third kappa shape index (κ3) is 4.33. The van der Waals surface area contributed by atoms with E-state index in [1.165, 1.54) is 0 Å². The van der Waals surface area contributed by atoms with Crippen LogP contribution in [0.15, 0.2) is 24.4 Å². The first kappa shape index (κ1) is 20.4. The Morgan fingerprint density at radius 2 is 1.87 bits per heavy atom. The van der Waals surface area contributed by atoms with Crippen molar-refractivity contribution in [3.63, 3.8) is 0 Å². The molecule has 2 aliphatic rings. The van der Waals surface area contributed by atoms with Crippen LogP contribution < -0.4 is 14.4 Å². The highest BCUT2D eigenvalue weighted by Crippen LogP contribution is 2.30. The van der Waals surface area contributed by atoms with Crippen molar-refractivity contribution in [1.82, 2.24) is 14.9 Å². The first-order valence-electron chi connectivity index (χ1n) is 10.6. The Bertz CT molecular complexity index is 899. The molecule has 0 saturated carbocycles. The van der Waals surface area contributed by atoms with Gasteiger partial charge in [0.1, 0.15) is 0 Å². The molecule has 0 radical (unpaired) electrons. The second kappa shape index (κ2) is 9.30. The molecule has 2 aliphatic heterocycles. The number of carbonyl (C=O) groups is 1. The summed E-state index contributed by atoms with van der Waals surface area (Å²) in [6.07, 6.45) is 2.65. The molecule has 1 amide bonds. The van der Waals surface area contributed by atoms with Gasteiger partial charge >= 0.3 is 0 Å². The highest BCUT2D eigenvalue weighted by Gasteiger charge is 2.25. The van der Waals surface area contributed by atoms with Gasteiger partial charge in [0.15, 0.2) is 11.5 Å². The number of nitrogens with zero attached hydrogens (tertiary/aromatic N) is 4. The van der Waals surface area contributed by atoms with Crippen LogP contribution in [0.3, 0.4) is 0 Å². The molecular formula is C22H28N4O4. The zero-order chi connectivity index (χ0) is 20.9. The van der Waals surface area contributed by atoms with Gasteiger partial charge in [-0.05, 0) is 44.0 Å². The van der Waals surface area contributed by atoms with Crippen LogP contribution in [-0.4, -0.2) is 66.8 Å². The van der Waals surface area contributed by atoms with Gasteiger partial charge in [-0.3, -0.25) is 4.79 Å². The number of morpholine rings is 1. The lowest BCUT2D eigenvalue weighted by Gasteiger charge is -2.31. The minimum atomic E-state index is -0.0313. The van der Waals surface area contributed by atoms with E-state index in [-0.39, 0.29) is 5.91 Å². The monoisotopic (exact) mass is 412 g/mol. The maximum absolute atomic E-state index is 13.2. The van der Waals surface area contributed by atoms with Crippen LogP contribution in [0.2, 0.25) is 0 Å². The number of amides is 1. The van der Waals surface area contributed by atoms with E-state index in [1.54, 1.807) is 18.2 Å². The third-order valence-corrected chi connectivity index (χ3v) is 5.30. The minimum Gasteiger partial charge on any atom is -0.490 e. The largest absolute Gasteiger partial charge is 0.490 e. The maximum Gasteiger partial charge on any atom is 0.254 e. The zero-order valence-corrected chi connectivity index (χ0v) is 17.6. The number of benzene rings is 1. The van der Waals surface area contributed by atoms with Crippen LogP contribution >= 0.6 is 0 Å². The van der Waals surface area contributed by atoms with E-state index >= 15 is 0 Å². The molecule has 160 valence electrons. The lowest BCUT2D eigenvalue weighted by Crippen LogP contribution is -2.39. The van der Waals surface area contributed by atoms with E-state index in [1.807, 2.05) is 24.9 Å². The van der Waals surface area contributed by atoms with Crippen LogP contribution in [0, 0.1) is 0 Å². The number of carbonyl (C=O) groups excluding carboxylic acids is 1. The Balaban J connectivity index is 1.52. The molecule has 0 spiro atoms. The van der Waals surface area contributed by atoms with Crippen molar-refractivity contribution < 1.29 is 19.0 Å². The molecule has 1 aromatic carbocycles. The highest BCUT2D eigenvalue weighted by molar-refractivity contribution is 5.95. The van der Waals surface area contributed by atoms with E-state index < -0.39 is 0 Å². The predicted molar refractivity (Wildman–Crippen MR) is 112 cm³/mol. The number of anilines is 1. The number of ether oxygens (including phenoxy) is 3. The summed E-state index contributed by atoms with van der Waals surface area (Å²) in [4.78, 5) is 26.4. The van der Waals surface area contributed by atoms with Gasteiger partial charge in [0.05, 0.1) is 38.7 Å². The molecule has 3 heterocycles. The lowest BCUT2D eigenvalue weighted by molar-refractivity contribution is 0.0731.